The zero-order chi connectivity index (χ0) is 12.0. The van der Waals surface area contributed by atoms with Crippen LogP contribution in [0.15, 0.2) is 23.9 Å². The number of allylic oxidation sites excluding steroid dienone is 2. The molecule has 5 atom stereocenters. The van der Waals surface area contributed by atoms with Crippen LogP contribution < -0.4 is 11.5 Å². The number of fused-ring (bicyclic) bond motifs is 1. The van der Waals surface area contributed by atoms with Gasteiger partial charge in [0, 0.05) is 17.2 Å². The summed E-state index contributed by atoms with van der Waals surface area (Å²) in [6, 6.07) is 0. The molecule has 3 heteroatoms. The van der Waals surface area contributed by atoms with E-state index in [-0.39, 0.29) is 11.5 Å². The molecule has 3 nitrogen and oxygen atoms in total. The van der Waals surface area contributed by atoms with Gasteiger partial charge in [-0.15, -0.1) is 0 Å². The van der Waals surface area contributed by atoms with Crippen LogP contribution in [-0.2, 0) is 4.74 Å². The van der Waals surface area contributed by atoms with E-state index in [1.807, 2.05) is 12.2 Å². The van der Waals surface area contributed by atoms with Crippen LogP contribution in [0.1, 0.15) is 32.6 Å². The Labute approximate surface area is 103 Å². The number of hydrogen-bond acceptors (Lipinski definition) is 3. The third-order valence-corrected chi connectivity index (χ3v) is 4.58. The van der Waals surface area contributed by atoms with E-state index in [1.165, 1.54) is 19.3 Å². The molecule has 3 rings (SSSR count). The Hall–Kier alpha value is -0.800. The van der Waals surface area contributed by atoms with Crippen LogP contribution in [0, 0.1) is 11.8 Å². The van der Waals surface area contributed by atoms with Crippen molar-refractivity contribution in [3.05, 3.63) is 23.9 Å². The average molecular weight is 234 g/mol. The topological polar surface area (TPSA) is 64.6 Å². The summed E-state index contributed by atoms with van der Waals surface area (Å²) in [6.45, 7) is 2.08. The van der Waals surface area contributed by atoms with E-state index in [1.54, 1.807) is 0 Å². The molecule has 4 N–H and O–H groups in total. The van der Waals surface area contributed by atoms with Crippen LogP contribution in [0.4, 0.5) is 0 Å². The smallest absolute Gasteiger partial charge is 0.0844 e. The van der Waals surface area contributed by atoms with Crippen LogP contribution >= 0.6 is 0 Å². The highest BCUT2D eigenvalue weighted by atomic mass is 16.6. The van der Waals surface area contributed by atoms with Gasteiger partial charge in [0.05, 0.1) is 12.2 Å². The van der Waals surface area contributed by atoms with Crippen LogP contribution in [0.2, 0.25) is 0 Å². The van der Waals surface area contributed by atoms with Gasteiger partial charge in [0.1, 0.15) is 0 Å². The molecular formula is C14H22N2O. The molecule has 1 saturated heterocycles. The minimum Gasteiger partial charge on any atom is -0.402 e. The van der Waals surface area contributed by atoms with Crippen molar-refractivity contribution in [2.45, 2.75) is 50.4 Å². The molecule has 1 heterocycles. The van der Waals surface area contributed by atoms with Crippen LogP contribution in [0.25, 0.3) is 0 Å². The maximum atomic E-state index is 6.34. The molecule has 2 fully saturated rings. The fraction of sp³-hybridized carbons (Fsp3) is 0.714. The third kappa shape index (κ3) is 2.14. The Bertz CT molecular complexity index is 372. The minimum absolute atomic E-state index is 0.285. The lowest BCUT2D eigenvalue weighted by Gasteiger charge is -2.37. The molecule has 0 aromatic rings. The molecule has 0 aromatic heterocycles. The van der Waals surface area contributed by atoms with Gasteiger partial charge in [0.15, 0.2) is 0 Å². The number of nitrogens with two attached hydrogens (primary N) is 2. The van der Waals surface area contributed by atoms with Crippen molar-refractivity contribution in [1.29, 1.82) is 0 Å². The second kappa shape index (κ2) is 3.85. The molecule has 17 heavy (non-hydrogen) atoms. The first kappa shape index (κ1) is 11.3. The summed E-state index contributed by atoms with van der Waals surface area (Å²) in [5.41, 5.74) is 13.1. The summed E-state index contributed by atoms with van der Waals surface area (Å²) in [5.74, 6) is 1.01. The Kier molecular flexibility index (Phi) is 2.56. The quantitative estimate of drug-likeness (QED) is 0.715. The van der Waals surface area contributed by atoms with Gasteiger partial charge in [0.25, 0.3) is 0 Å². The Morgan fingerprint density at radius 3 is 2.94 bits per heavy atom. The van der Waals surface area contributed by atoms with E-state index >= 15 is 0 Å². The lowest BCUT2D eigenvalue weighted by Crippen LogP contribution is -2.46. The van der Waals surface area contributed by atoms with Gasteiger partial charge in [-0.25, -0.2) is 0 Å². The summed E-state index contributed by atoms with van der Waals surface area (Å²) in [5, 5.41) is 0. The molecule has 5 unspecified atom stereocenters. The summed E-state index contributed by atoms with van der Waals surface area (Å²) >= 11 is 0. The molecule has 0 spiro atoms. The Balaban J connectivity index is 1.67. The highest BCUT2D eigenvalue weighted by Crippen LogP contribution is 2.43. The van der Waals surface area contributed by atoms with Crippen molar-refractivity contribution in [3.63, 3.8) is 0 Å². The molecule has 2 aliphatic carbocycles. The zero-order valence-corrected chi connectivity index (χ0v) is 10.4. The second-order valence-electron chi connectivity index (χ2n) is 6.07. The van der Waals surface area contributed by atoms with Gasteiger partial charge in [-0.3, -0.25) is 0 Å². The van der Waals surface area contributed by atoms with Gasteiger partial charge in [-0.2, -0.15) is 0 Å². The minimum atomic E-state index is -0.292. The number of epoxide rings is 1. The van der Waals surface area contributed by atoms with E-state index in [0.29, 0.717) is 12.2 Å². The van der Waals surface area contributed by atoms with E-state index in [2.05, 4.69) is 13.0 Å². The first-order chi connectivity index (χ1) is 8.06. The van der Waals surface area contributed by atoms with Crippen molar-refractivity contribution >= 4 is 0 Å². The van der Waals surface area contributed by atoms with E-state index in [4.69, 9.17) is 16.2 Å². The Morgan fingerprint density at radius 2 is 2.24 bits per heavy atom. The molecular weight excluding hydrogens is 212 g/mol. The highest BCUT2D eigenvalue weighted by Gasteiger charge is 2.45. The van der Waals surface area contributed by atoms with Gasteiger partial charge >= 0.3 is 0 Å². The molecule has 0 aromatic carbocycles. The van der Waals surface area contributed by atoms with Gasteiger partial charge in [0.2, 0.25) is 0 Å². The maximum Gasteiger partial charge on any atom is 0.0844 e. The fourth-order valence-electron chi connectivity index (χ4n) is 3.38. The Morgan fingerprint density at radius 1 is 1.41 bits per heavy atom. The summed E-state index contributed by atoms with van der Waals surface area (Å²) in [4.78, 5) is 0. The number of hydrogen-bond donors (Lipinski definition) is 2. The maximum absolute atomic E-state index is 6.34. The SMILES string of the molecule is CC1(N)C=CC=C(N)C1CC1CCC2OC2C1. The van der Waals surface area contributed by atoms with Crippen LogP contribution in [0.5, 0.6) is 0 Å². The monoisotopic (exact) mass is 234 g/mol. The van der Waals surface area contributed by atoms with E-state index < -0.39 is 0 Å². The van der Waals surface area contributed by atoms with Crippen molar-refractivity contribution in [1.82, 2.24) is 0 Å². The predicted octanol–water partition coefficient (Wildman–Crippen LogP) is 1.69. The normalized spacial score (nSPS) is 48.5. The van der Waals surface area contributed by atoms with E-state index in [0.717, 1.165) is 18.0 Å². The third-order valence-electron chi connectivity index (χ3n) is 4.58. The van der Waals surface area contributed by atoms with Crippen molar-refractivity contribution in [2.75, 3.05) is 0 Å². The molecule has 0 radical (unpaired) electrons. The molecule has 1 aliphatic heterocycles. The number of ether oxygens (including phenoxy) is 1. The van der Waals surface area contributed by atoms with Gasteiger partial charge in [-0.05, 0) is 44.6 Å². The molecule has 0 bridgehead atoms. The first-order valence-electron chi connectivity index (χ1n) is 6.65. The van der Waals surface area contributed by atoms with Crippen LogP contribution in [0.3, 0.4) is 0 Å². The summed E-state index contributed by atoms with van der Waals surface area (Å²) in [6.07, 6.45) is 12.0. The second-order valence-corrected chi connectivity index (χ2v) is 6.07. The largest absolute Gasteiger partial charge is 0.402 e. The highest BCUT2D eigenvalue weighted by molar-refractivity contribution is 5.27. The van der Waals surface area contributed by atoms with E-state index in [9.17, 15) is 0 Å². The molecule has 94 valence electrons. The summed E-state index contributed by atoms with van der Waals surface area (Å²) < 4.78 is 5.58. The van der Waals surface area contributed by atoms with Crippen LogP contribution in [-0.4, -0.2) is 17.7 Å². The molecule has 1 saturated carbocycles. The van der Waals surface area contributed by atoms with Gasteiger partial charge < -0.3 is 16.2 Å². The lowest BCUT2D eigenvalue weighted by molar-refractivity contribution is 0.272. The fourth-order valence-corrected chi connectivity index (χ4v) is 3.38. The number of rotatable bonds is 2. The predicted molar refractivity (Wildman–Crippen MR) is 68.1 cm³/mol. The van der Waals surface area contributed by atoms with Crippen molar-refractivity contribution in [3.8, 4) is 0 Å². The van der Waals surface area contributed by atoms with Crippen molar-refractivity contribution in [2.24, 2.45) is 23.3 Å². The average Bonchev–Trinajstić information content (AvgIpc) is 3.01. The lowest BCUT2D eigenvalue weighted by atomic mass is 9.73. The standard InChI is InChI=1S/C14H22N2O/c1-14(16)6-2-3-11(15)10(14)7-9-4-5-12-13(8-9)17-12/h2-3,6,9-10,12-13H,4-5,7-8,15-16H2,1H3. The van der Waals surface area contributed by atoms with Gasteiger partial charge in [-0.1, -0.05) is 12.2 Å². The zero-order valence-electron chi connectivity index (χ0n) is 10.4. The van der Waals surface area contributed by atoms with Crippen molar-refractivity contribution < 1.29 is 4.74 Å². The molecule has 3 aliphatic rings. The molecule has 0 amide bonds. The first-order valence-corrected chi connectivity index (χ1v) is 6.65. The summed E-state index contributed by atoms with van der Waals surface area (Å²) in [7, 11) is 0.